The Bertz CT molecular complexity index is 972. The second-order valence-electron chi connectivity index (χ2n) is 11.3. The molecule has 0 aromatic rings. The fraction of sp³-hybridized carbons (Fsp3) is 0.690. The zero-order valence-electron chi connectivity index (χ0n) is 24.1. The maximum absolute atomic E-state index is 12.3. The van der Waals surface area contributed by atoms with Crippen molar-refractivity contribution >= 4 is 17.8 Å². The minimum Gasteiger partial charge on any atom is -0.459 e. The third-order valence-corrected chi connectivity index (χ3v) is 7.55. The lowest BCUT2D eigenvalue weighted by Crippen LogP contribution is -2.50. The highest BCUT2D eigenvalue weighted by molar-refractivity contribution is 5.87. The summed E-state index contributed by atoms with van der Waals surface area (Å²) >= 11 is 0. The average molecular weight is 548 g/mol. The summed E-state index contributed by atoms with van der Waals surface area (Å²) in [7, 11) is 1.54. The molecule has 39 heavy (non-hydrogen) atoms. The van der Waals surface area contributed by atoms with Gasteiger partial charge in [0, 0.05) is 32.9 Å². The van der Waals surface area contributed by atoms with Crippen LogP contribution in [0.1, 0.15) is 66.7 Å². The molecular formula is C29H45N3O7. The Labute approximate surface area is 231 Å². The monoisotopic (exact) mass is 547 g/mol. The van der Waals surface area contributed by atoms with E-state index >= 15 is 0 Å². The Morgan fingerprint density at radius 3 is 2.54 bits per heavy atom. The first-order chi connectivity index (χ1) is 18.4. The molecule has 0 saturated carbocycles. The van der Waals surface area contributed by atoms with E-state index in [1.54, 1.807) is 20.0 Å². The van der Waals surface area contributed by atoms with Gasteiger partial charge in [-0.1, -0.05) is 30.7 Å². The van der Waals surface area contributed by atoms with Crippen molar-refractivity contribution in [2.45, 2.75) is 109 Å². The van der Waals surface area contributed by atoms with E-state index in [0.717, 1.165) is 29.8 Å². The highest BCUT2D eigenvalue weighted by Gasteiger charge is 2.51. The van der Waals surface area contributed by atoms with Gasteiger partial charge >= 0.3 is 5.97 Å². The Morgan fingerprint density at radius 1 is 1.18 bits per heavy atom. The van der Waals surface area contributed by atoms with E-state index in [-0.39, 0.29) is 66.2 Å². The summed E-state index contributed by atoms with van der Waals surface area (Å²) in [6.07, 6.45) is 11.7. The molecule has 0 unspecified atom stereocenters. The largest absolute Gasteiger partial charge is 0.459 e. The molecule has 1 spiro atoms. The van der Waals surface area contributed by atoms with Crippen molar-refractivity contribution in [1.29, 1.82) is 0 Å². The number of nitrogens with two attached hydrogens (primary N) is 1. The lowest BCUT2D eigenvalue weighted by Gasteiger charge is -2.39. The summed E-state index contributed by atoms with van der Waals surface area (Å²) < 4.78 is 23.2. The van der Waals surface area contributed by atoms with Gasteiger partial charge < -0.3 is 24.3 Å². The standard InChI is InChI=1S/C29H45N3O7/c1-18(7-10-23-15-29(17-36-29)16-24(39-23)14-28(35)32(6)30)8-11-26-19(2)13-25(21(4)38-26)31-27(34)12-9-20(3)37-22(5)33/h7-10,12,19-21,23-26H,11,13-17,30H2,1-6H3,(H,31,34)/b10-7+,12-9-,18-8+/t19-,20-,21+,23+,24+,25+,26-,29+/m0/s1. The minimum absolute atomic E-state index is 0.0498. The Morgan fingerprint density at radius 2 is 1.90 bits per heavy atom. The number of hydrogen-bond acceptors (Lipinski definition) is 8. The van der Waals surface area contributed by atoms with Crippen molar-refractivity contribution in [2.24, 2.45) is 11.8 Å². The molecule has 3 aliphatic heterocycles. The molecule has 10 nitrogen and oxygen atoms in total. The number of nitrogens with one attached hydrogen (secondary N) is 1. The molecule has 3 fully saturated rings. The molecule has 8 atom stereocenters. The second-order valence-corrected chi connectivity index (χ2v) is 11.3. The van der Waals surface area contributed by atoms with Crippen LogP contribution in [-0.4, -0.2) is 78.6 Å². The molecule has 0 aliphatic carbocycles. The van der Waals surface area contributed by atoms with Gasteiger partial charge in [0.15, 0.2) is 0 Å². The summed E-state index contributed by atoms with van der Waals surface area (Å²) in [5.41, 5.74) is 0.933. The van der Waals surface area contributed by atoms with Gasteiger partial charge in [0.1, 0.15) is 6.10 Å². The molecule has 10 heteroatoms. The number of ether oxygens (including phenoxy) is 4. The van der Waals surface area contributed by atoms with Crippen LogP contribution in [0.25, 0.3) is 0 Å². The van der Waals surface area contributed by atoms with E-state index in [0.29, 0.717) is 13.0 Å². The van der Waals surface area contributed by atoms with Crippen LogP contribution in [0.3, 0.4) is 0 Å². The van der Waals surface area contributed by atoms with Crippen molar-refractivity contribution in [3.63, 3.8) is 0 Å². The molecule has 3 rings (SSSR count). The van der Waals surface area contributed by atoms with Gasteiger partial charge in [-0.25, -0.2) is 5.84 Å². The van der Waals surface area contributed by atoms with Crippen LogP contribution in [0, 0.1) is 5.92 Å². The maximum atomic E-state index is 12.3. The molecule has 0 radical (unpaired) electrons. The zero-order valence-corrected chi connectivity index (χ0v) is 24.1. The molecule has 2 amide bonds. The molecule has 0 bridgehead atoms. The average Bonchev–Trinajstić information content (AvgIpc) is 3.59. The number of hydrazine groups is 1. The predicted molar refractivity (Wildman–Crippen MR) is 146 cm³/mol. The number of allylic oxidation sites excluding steroid dienone is 2. The van der Waals surface area contributed by atoms with Crippen molar-refractivity contribution in [1.82, 2.24) is 10.3 Å². The smallest absolute Gasteiger partial charge is 0.303 e. The second kappa shape index (κ2) is 13.7. The Kier molecular flexibility index (Phi) is 10.9. The summed E-state index contributed by atoms with van der Waals surface area (Å²) in [5.74, 6) is 5.07. The van der Waals surface area contributed by atoms with Crippen LogP contribution >= 0.6 is 0 Å². The fourth-order valence-corrected chi connectivity index (χ4v) is 5.22. The first kappa shape index (κ1) is 31.0. The van der Waals surface area contributed by atoms with E-state index in [4.69, 9.17) is 24.8 Å². The quantitative estimate of drug-likeness (QED) is 0.0812. The van der Waals surface area contributed by atoms with Gasteiger partial charge in [-0.3, -0.25) is 19.4 Å². The van der Waals surface area contributed by atoms with Crippen LogP contribution in [0.2, 0.25) is 0 Å². The van der Waals surface area contributed by atoms with Gasteiger partial charge in [-0.05, 0) is 45.6 Å². The topological polar surface area (TPSA) is 133 Å². The number of hydrogen-bond donors (Lipinski definition) is 2. The lowest BCUT2D eigenvalue weighted by molar-refractivity contribution is -0.143. The van der Waals surface area contributed by atoms with Gasteiger partial charge in [0.05, 0.1) is 49.1 Å². The van der Waals surface area contributed by atoms with E-state index in [1.165, 1.54) is 13.0 Å². The summed E-state index contributed by atoms with van der Waals surface area (Å²) in [6.45, 7) is 9.91. The van der Waals surface area contributed by atoms with Gasteiger partial charge in [-0.2, -0.15) is 0 Å². The molecule has 3 aliphatic rings. The van der Waals surface area contributed by atoms with Crippen molar-refractivity contribution in [3.8, 4) is 0 Å². The van der Waals surface area contributed by atoms with Crippen molar-refractivity contribution < 1.29 is 33.3 Å². The van der Waals surface area contributed by atoms with Gasteiger partial charge in [0.2, 0.25) is 11.8 Å². The van der Waals surface area contributed by atoms with Crippen LogP contribution in [0.5, 0.6) is 0 Å². The first-order valence-electron chi connectivity index (χ1n) is 13.8. The Hall–Kier alpha value is -2.53. The van der Waals surface area contributed by atoms with E-state index in [2.05, 4.69) is 31.3 Å². The highest BCUT2D eigenvalue weighted by Crippen LogP contribution is 2.43. The van der Waals surface area contributed by atoms with Crippen LogP contribution in [-0.2, 0) is 33.3 Å². The summed E-state index contributed by atoms with van der Waals surface area (Å²) in [5, 5.41) is 4.11. The van der Waals surface area contributed by atoms with Crippen LogP contribution in [0.4, 0.5) is 0 Å². The van der Waals surface area contributed by atoms with Crippen molar-refractivity contribution in [3.05, 3.63) is 36.0 Å². The molecule has 3 heterocycles. The van der Waals surface area contributed by atoms with E-state index in [1.807, 2.05) is 13.0 Å². The maximum Gasteiger partial charge on any atom is 0.303 e. The number of nitrogens with zero attached hydrogens (tertiary/aromatic N) is 1. The number of amides is 2. The Balaban J connectivity index is 1.47. The third kappa shape index (κ3) is 9.86. The third-order valence-electron chi connectivity index (χ3n) is 7.55. The predicted octanol–water partition coefficient (Wildman–Crippen LogP) is 2.72. The number of carbonyl (C=O) groups excluding carboxylic acids is 3. The van der Waals surface area contributed by atoms with Crippen molar-refractivity contribution in [2.75, 3.05) is 13.7 Å². The number of esters is 1. The number of epoxide rings is 1. The molecule has 3 saturated heterocycles. The fourth-order valence-electron chi connectivity index (χ4n) is 5.22. The summed E-state index contributed by atoms with van der Waals surface area (Å²) in [6, 6.07) is -0.0956. The number of carbonyl (C=O) groups is 3. The van der Waals surface area contributed by atoms with Gasteiger partial charge in [-0.15, -0.1) is 0 Å². The molecular weight excluding hydrogens is 502 g/mol. The molecule has 3 N–H and O–H groups in total. The van der Waals surface area contributed by atoms with Crippen LogP contribution in [0.15, 0.2) is 36.0 Å². The number of rotatable bonds is 10. The summed E-state index contributed by atoms with van der Waals surface area (Å²) in [4.78, 5) is 35.4. The molecule has 0 aromatic heterocycles. The molecule has 0 aromatic carbocycles. The minimum atomic E-state index is -0.461. The van der Waals surface area contributed by atoms with E-state index < -0.39 is 6.10 Å². The first-order valence-corrected chi connectivity index (χ1v) is 13.8. The normalized spacial score (nSPS) is 33.8. The van der Waals surface area contributed by atoms with Crippen LogP contribution < -0.4 is 11.2 Å². The highest BCUT2D eigenvalue weighted by atomic mass is 16.6. The van der Waals surface area contributed by atoms with E-state index in [9.17, 15) is 14.4 Å². The lowest BCUT2D eigenvalue weighted by atomic mass is 9.88. The zero-order chi connectivity index (χ0) is 28.7. The SMILES string of the molecule is CC(=O)O[C@@H](C)/C=C\C(=O)N[C@@H]1C[C@H](C)[C@H](C/C=C(C)/C=C/[C@@H]2C[C@]3(CO3)C[C@@H](CC(=O)N(C)N)O2)O[C@@H]1C. The molecule has 218 valence electrons. The van der Waals surface area contributed by atoms with Gasteiger partial charge in [0.25, 0.3) is 0 Å².